The van der Waals surface area contributed by atoms with E-state index in [2.05, 4.69) is 17.6 Å². The van der Waals surface area contributed by atoms with Crippen molar-refractivity contribution in [1.82, 2.24) is 5.32 Å². The predicted molar refractivity (Wildman–Crippen MR) is 81.3 cm³/mol. The van der Waals surface area contributed by atoms with Gasteiger partial charge in [-0.05, 0) is 37.4 Å². The van der Waals surface area contributed by atoms with Gasteiger partial charge in [-0.2, -0.15) is 0 Å². The lowest BCUT2D eigenvalue weighted by atomic mass is 9.90. The van der Waals surface area contributed by atoms with E-state index in [0.29, 0.717) is 5.92 Å². The molecule has 0 aliphatic carbocycles. The molecule has 1 aromatic rings. The smallest absolute Gasteiger partial charge is 0.241 e. The maximum absolute atomic E-state index is 12.3. The fourth-order valence-corrected chi connectivity index (χ4v) is 3.30. The summed E-state index contributed by atoms with van der Waals surface area (Å²) < 4.78 is 23.0. The van der Waals surface area contributed by atoms with Gasteiger partial charge in [-0.3, -0.25) is 4.79 Å². The van der Waals surface area contributed by atoms with E-state index in [-0.39, 0.29) is 22.5 Å². The topological polar surface area (TPSA) is 101 Å². The van der Waals surface area contributed by atoms with E-state index in [0.717, 1.165) is 25.8 Å². The summed E-state index contributed by atoms with van der Waals surface area (Å²) in [7, 11) is -3.86. The van der Waals surface area contributed by atoms with Crippen LogP contribution >= 0.6 is 0 Å². The molecule has 116 valence electrons. The lowest BCUT2D eigenvalue weighted by molar-refractivity contribution is -0.119. The first kappa shape index (κ1) is 15.9. The molecule has 2 unspecified atom stereocenters. The first-order valence-corrected chi connectivity index (χ1v) is 8.62. The number of hydrogen-bond acceptors (Lipinski definition) is 4. The number of nitrogens with one attached hydrogen (secondary N) is 2. The minimum atomic E-state index is -3.86. The van der Waals surface area contributed by atoms with Crippen molar-refractivity contribution in [2.75, 3.05) is 11.9 Å². The van der Waals surface area contributed by atoms with Gasteiger partial charge in [0.25, 0.3) is 0 Å². The molecular weight excluding hydrogens is 290 g/mol. The largest absolute Gasteiger partial charge is 0.324 e. The molecule has 2 atom stereocenters. The number of piperidine rings is 1. The van der Waals surface area contributed by atoms with E-state index >= 15 is 0 Å². The number of primary sulfonamides is 1. The quantitative estimate of drug-likeness (QED) is 0.773. The number of amides is 1. The molecule has 1 amide bonds. The average molecular weight is 311 g/mol. The molecule has 0 saturated carbocycles. The molecule has 1 aliphatic heterocycles. The zero-order valence-corrected chi connectivity index (χ0v) is 12.8. The van der Waals surface area contributed by atoms with Gasteiger partial charge in [-0.15, -0.1) is 0 Å². The molecule has 1 saturated heterocycles. The average Bonchev–Trinajstić information content (AvgIpc) is 2.46. The Labute approximate surface area is 125 Å². The highest BCUT2D eigenvalue weighted by Gasteiger charge is 2.26. The Bertz CT molecular complexity index is 616. The Morgan fingerprint density at radius 1 is 1.43 bits per heavy atom. The van der Waals surface area contributed by atoms with Crippen LogP contribution in [0.25, 0.3) is 0 Å². The molecule has 0 bridgehead atoms. The third-order valence-corrected chi connectivity index (χ3v) is 4.83. The SMILES string of the molecule is CCC1CCNC(C(=O)Nc2ccccc2S(N)(=O)=O)C1. The molecule has 1 aliphatic rings. The van der Waals surface area contributed by atoms with Crippen molar-refractivity contribution >= 4 is 21.6 Å². The zero-order valence-electron chi connectivity index (χ0n) is 12.0. The molecule has 4 N–H and O–H groups in total. The van der Waals surface area contributed by atoms with Gasteiger partial charge in [-0.25, -0.2) is 13.6 Å². The van der Waals surface area contributed by atoms with Crippen molar-refractivity contribution < 1.29 is 13.2 Å². The van der Waals surface area contributed by atoms with Gasteiger partial charge >= 0.3 is 0 Å². The van der Waals surface area contributed by atoms with Crippen molar-refractivity contribution in [3.05, 3.63) is 24.3 Å². The van der Waals surface area contributed by atoms with E-state index in [1.807, 2.05) is 0 Å². The number of rotatable bonds is 4. The summed E-state index contributed by atoms with van der Waals surface area (Å²) in [5, 5.41) is 11.0. The lowest BCUT2D eigenvalue weighted by Crippen LogP contribution is -2.46. The summed E-state index contributed by atoms with van der Waals surface area (Å²) in [5.41, 5.74) is 0.227. The van der Waals surface area contributed by atoms with Gasteiger partial charge in [-0.1, -0.05) is 25.5 Å². The van der Waals surface area contributed by atoms with Crippen LogP contribution < -0.4 is 15.8 Å². The predicted octanol–water partition coefficient (Wildman–Crippen LogP) is 1.05. The molecular formula is C14H21N3O3S. The van der Waals surface area contributed by atoms with Gasteiger partial charge in [0.2, 0.25) is 15.9 Å². The van der Waals surface area contributed by atoms with E-state index in [1.54, 1.807) is 12.1 Å². The Morgan fingerprint density at radius 3 is 2.81 bits per heavy atom. The Hall–Kier alpha value is -1.44. The maximum atomic E-state index is 12.3. The number of sulfonamides is 1. The van der Waals surface area contributed by atoms with Crippen LogP contribution in [-0.4, -0.2) is 26.9 Å². The van der Waals surface area contributed by atoms with Crippen molar-refractivity contribution in [2.45, 2.75) is 37.1 Å². The Kier molecular flexibility index (Phi) is 4.97. The molecule has 0 radical (unpaired) electrons. The monoisotopic (exact) mass is 311 g/mol. The summed E-state index contributed by atoms with van der Waals surface area (Å²) in [6.45, 7) is 2.91. The summed E-state index contributed by atoms with van der Waals surface area (Å²) in [5.74, 6) is 0.305. The summed E-state index contributed by atoms with van der Waals surface area (Å²) in [6.07, 6.45) is 2.87. The van der Waals surface area contributed by atoms with Gasteiger partial charge in [0.05, 0.1) is 11.7 Å². The summed E-state index contributed by atoms with van der Waals surface area (Å²) >= 11 is 0. The van der Waals surface area contributed by atoms with Crippen LogP contribution in [0.15, 0.2) is 29.2 Å². The van der Waals surface area contributed by atoms with Crippen molar-refractivity contribution in [1.29, 1.82) is 0 Å². The van der Waals surface area contributed by atoms with Crippen LogP contribution in [0.4, 0.5) is 5.69 Å². The third kappa shape index (κ3) is 4.03. The number of para-hydroxylation sites is 1. The first-order chi connectivity index (χ1) is 9.91. The lowest BCUT2D eigenvalue weighted by Gasteiger charge is -2.29. The highest BCUT2D eigenvalue weighted by Crippen LogP contribution is 2.22. The second-order valence-corrected chi connectivity index (χ2v) is 6.87. The second kappa shape index (κ2) is 6.55. The molecule has 0 spiro atoms. The van der Waals surface area contributed by atoms with Crippen LogP contribution in [0, 0.1) is 5.92 Å². The summed E-state index contributed by atoms with van der Waals surface area (Å²) in [6, 6.07) is 5.86. The zero-order chi connectivity index (χ0) is 15.5. The molecule has 6 nitrogen and oxygen atoms in total. The van der Waals surface area contributed by atoms with Gasteiger partial charge in [0.1, 0.15) is 4.90 Å². The summed E-state index contributed by atoms with van der Waals surface area (Å²) in [4.78, 5) is 12.2. The van der Waals surface area contributed by atoms with Crippen molar-refractivity contribution in [3.63, 3.8) is 0 Å². The minimum Gasteiger partial charge on any atom is -0.324 e. The van der Waals surface area contributed by atoms with Crippen molar-refractivity contribution in [3.8, 4) is 0 Å². The number of benzene rings is 1. The Balaban J connectivity index is 2.13. The van der Waals surface area contributed by atoms with Crippen LogP contribution in [0.2, 0.25) is 0 Å². The molecule has 2 rings (SSSR count). The molecule has 7 heteroatoms. The van der Waals surface area contributed by atoms with Crippen LogP contribution in [0.5, 0.6) is 0 Å². The second-order valence-electron chi connectivity index (χ2n) is 5.34. The number of anilines is 1. The first-order valence-electron chi connectivity index (χ1n) is 7.08. The minimum absolute atomic E-state index is 0.0683. The number of hydrogen-bond donors (Lipinski definition) is 3. The fraction of sp³-hybridized carbons (Fsp3) is 0.500. The standard InChI is InChI=1S/C14H21N3O3S/c1-2-10-7-8-16-12(9-10)14(18)17-11-5-3-4-6-13(11)21(15,19)20/h3-6,10,12,16H,2,7-9H2,1H3,(H,17,18)(H2,15,19,20). The Morgan fingerprint density at radius 2 is 2.14 bits per heavy atom. The van der Waals surface area contributed by atoms with E-state index < -0.39 is 10.0 Å². The normalized spacial score (nSPS) is 22.8. The van der Waals surface area contributed by atoms with E-state index in [1.165, 1.54) is 12.1 Å². The van der Waals surface area contributed by atoms with E-state index in [4.69, 9.17) is 5.14 Å². The van der Waals surface area contributed by atoms with Gasteiger partial charge < -0.3 is 10.6 Å². The molecule has 1 heterocycles. The van der Waals surface area contributed by atoms with Crippen molar-refractivity contribution in [2.24, 2.45) is 11.1 Å². The highest BCUT2D eigenvalue weighted by molar-refractivity contribution is 7.89. The molecule has 1 aromatic carbocycles. The van der Waals surface area contributed by atoms with Gasteiger partial charge in [0.15, 0.2) is 0 Å². The molecule has 0 aromatic heterocycles. The number of carbonyl (C=O) groups excluding carboxylic acids is 1. The fourth-order valence-electron chi connectivity index (χ4n) is 2.60. The number of nitrogens with two attached hydrogens (primary N) is 1. The van der Waals surface area contributed by atoms with Crippen LogP contribution in [0.3, 0.4) is 0 Å². The van der Waals surface area contributed by atoms with E-state index in [9.17, 15) is 13.2 Å². The third-order valence-electron chi connectivity index (χ3n) is 3.86. The van der Waals surface area contributed by atoms with Gasteiger partial charge in [0, 0.05) is 0 Å². The molecule has 21 heavy (non-hydrogen) atoms. The molecule has 1 fully saturated rings. The van der Waals surface area contributed by atoms with Crippen LogP contribution in [-0.2, 0) is 14.8 Å². The highest BCUT2D eigenvalue weighted by atomic mass is 32.2. The van der Waals surface area contributed by atoms with Crippen LogP contribution in [0.1, 0.15) is 26.2 Å². The number of carbonyl (C=O) groups is 1. The maximum Gasteiger partial charge on any atom is 0.241 e.